The Labute approximate surface area is 128 Å². The number of piperidine rings is 1. The zero-order chi connectivity index (χ0) is 15.2. The van der Waals surface area contributed by atoms with Crippen molar-refractivity contribution in [3.8, 4) is 0 Å². The molecule has 1 atom stereocenters. The molecular formula is C14H20ClN3O3. The number of halogens is 1. The summed E-state index contributed by atoms with van der Waals surface area (Å²) >= 11 is 5.75. The molecule has 0 radical (unpaired) electrons. The lowest BCUT2D eigenvalue weighted by atomic mass is 10.0. The third-order valence-corrected chi connectivity index (χ3v) is 3.97. The molecule has 0 saturated carbocycles. The molecule has 2 rings (SSSR count). The van der Waals surface area contributed by atoms with Crippen LogP contribution >= 0.6 is 11.6 Å². The standard InChI is InChI=1S/C14H20ClN3O3/c15-13-2-1-10(9-16-13)12(17-14(20)21)5-8-18-6-3-11(19)4-7-18/h1-2,9,11-12,17,19H,3-8H2,(H,20,21)/t12-/m1/s1. The molecule has 1 aliphatic heterocycles. The van der Waals surface area contributed by atoms with Gasteiger partial charge in [0.15, 0.2) is 0 Å². The number of nitrogens with one attached hydrogen (secondary N) is 1. The van der Waals surface area contributed by atoms with E-state index in [1.54, 1.807) is 18.3 Å². The van der Waals surface area contributed by atoms with Gasteiger partial charge in [-0.1, -0.05) is 17.7 Å². The summed E-state index contributed by atoms with van der Waals surface area (Å²) in [6.45, 7) is 2.47. The predicted octanol–water partition coefficient (Wildman–Crippen LogP) is 1.89. The molecule has 7 heteroatoms. The number of aromatic nitrogens is 1. The molecule has 0 aliphatic carbocycles. The SMILES string of the molecule is O=C(O)N[C@H](CCN1CCC(O)CC1)c1ccc(Cl)nc1. The largest absolute Gasteiger partial charge is 0.465 e. The van der Waals surface area contributed by atoms with Gasteiger partial charge in [-0.2, -0.15) is 0 Å². The number of aliphatic hydroxyl groups is 1. The van der Waals surface area contributed by atoms with Gasteiger partial charge in [0.25, 0.3) is 0 Å². The molecular weight excluding hydrogens is 294 g/mol. The van der Waals surface area contributed by atoms with Crippen LogP contribution in [-0.2, 0) is 0 Å². The third-order valence-electron chi connectivity index (χ3n) is 3.74. The molecule has 2 heterocycles. The molecule has 116 valence electrons. The van der Waals surface area contributed by atoms with Crippen LogP contribution in [0, 0.1) is 0 Å². The van der Waals surface area contributed by atoms with Gasteiger partial charge in [-0.15, -0.1) is 0 Å². The Balaban J connectivity index is 1.93. The highest BCUT2D eigenvalue weighted by molar-refractivity contribution is 6.29. The second kappa shape index (κ2) is 7.59. The average molecular weight is 314 g/mol. The Kier molecular flexibility index (Phi) is 5.78. The van der Waals surface area contributed by atoms with Crippen molar-refractivity contribution in [1.29, 1.82) is 0 Å². The summed E-state index contributed by atoms with van der Waals surface area (Å²) in [5.41, 5.74) is 0.804. The summed E-state index contributed by atoms with van der Waals surface area (Å²) < 4.78 is 0. The zero-order valence-electron chi connectivity index (χ0n) is 11.7. The lowest BCUT2D eigenvalue weighted by Crippen LogP contribution is -2.38. The summed E-state index contributed by atoms with van der Waals surface area (Å²) in [6.07, 6.45) is 2.56. The molecule has 1 fully saturated rings. The van der Waals surface area contributed by atoms with Gasteiger partial charge < -0.3 is 20.4 Å². The Bertz CT molecular complexity index is 461. The number of hydrogen-bond acceptors (Lipinski definition) is 4. The monoisotopic (exact) mass is 313 g/mol. The second-order valence-electron chi connectivity index (χ2n) is 5.28. The zero-order valence-corrected chi connectivity index (χ0v) is 12.5. The first-order valence-corrected chi connectivity index (χ1v) is 7.43. The van der Waals surface area contributed by atoms with Crippen molar-refractivity contribution in [2.45, 2.75) is 31.4 Å². The maximum atomic E-state index is 10.9. The quantitative estimate of drug-likeness (QED) is 0.723. The van der Waals surface area contributed by atoms with Gasteiger partial charge in [0, 0.05) is 25.8 Å². The average Bonchev–Trinajstić information content (AvgIpc) is 2.46. The molecule has 6 nitrogen and oxygen atoms in total. The summed E-state index contributed by atoms with van der Waals surface area (Å²) in [7, 11) is 0. The number of hydrogen-bond donors (Lipinski definition) is 3. The first kappa shape index (κ1) is 16.0. The smallest absolute Gasteiger partial charge is 0.405 e. The van der Waals surface area contributed by atoms with E-state index in [0.29, 0.717) is 11.6 Å². The van der Waals surface area contributed by atoms with Gasteiger partial charge >= 0.3 is 6.09 Å². The van der Waals surface area contributed by atoms with Gasteiger partial charge in [-0.05, 0) is 30.9 Å². The number of aliphatic hydroxyl groups excluding tert-OH is 1. The maximum absolute atomic E-state index is 10.9. The number of rotatable bonds is 5. The van der Waals surface area contributed by atoms with E-state index in [1.807, 2.05) is 0 Å². The van der Waals surface area contributed by atoms with E-state index in [2.05, 4.69) is 15.2 Å². The lowest BCUT2D eigenvalue weighted by Gasteiger charge is -2.30. The molecule has 0 unspecified atom stereocenters. The van der Waals surface area contributed by atoms with Crippen molar-refractivity contribution in [3.63, 3.8) is 0 Å². The van der Waals surface area contributed by atoms with Gasteiger partial charge in [0.2, 0.25) is 0 Å². The fourth-order valence-electron chi connectivity index (χ4n) is 2.52. The minimum absolute atomic E-state index is 0.199. The summed E-state index contributed by atoms with van der Waals surface area (Å²) in [5.74, 6) is 0. The number of pyridine rings is 1. The third kappa shape index (κ3) is 5.15. The van der Waals surface area contributed by atoms with Crippen LogP contribution in [0.5, 0.6) is 0 Å². The minimum atomic E-state index is -1.05. The van der Waals surface area contributed by atoms with Crippen molar-refractivity contribution in [2.75, 3.05) is 19.6 Å². The molecule has 1 amide bonds. The highest BCUT2D eigenvalue weighted by atomic mass is 35.5. The van der Waals surface area contributed by atoms with Crippen LogP contribution in [0.3, 0.4) is 0 Å². The van der Waals surface area contributed by atoms with Crippen molar-refractivity contribution < 1.29 is 15.0 Å². The molecule has 3 N–H and O–H groups in total. The number of carbonyl (C=O) groups is 1. The number of nitrogens with zero attached hydrogens (tertiary/aromatic N) is 2. The van der Waals surface area contributed by atoms with Crippen LogP contribution in [0.15, 0.2) is 18.3 Å². The van der Waals surface area contributed by atoms with Crippen molar-refractivity contribution in [1.82, 2.24) is 15.2 Å². The van der Waals surface area contributed by atoms with E-state index in [9.17, 15) is 9.90 Å². The minimum Gasteiger partial charge on any atom is -0.465 e. The number of likely N-dealkylation sites (tertiary alicyclic amines) is 1. The van der Waals surface area contributed by atoms with Crippen LogP contribution in [0.1, 0.15) is 30.9 Å². The topological polar surface area (TPSA) is 85.7 Å². The van der Waals surface area contributed by atoms with Crippen molar-refractivity contribution >= 4 is 17.7 Å². The van der Waals surface area contributed by atoms with Crippen molar-refractivity contribution in [2.24, 2.45) is 0 Å². The van der Waals surface area contributed by atoms with Crippen LogP contribution < -0.4 is 5.32 Å². The maximum Gasteiger partial charge on any atom is 0.405 e. The first-order chi connectivity index (χ1) is 10.0. The summed E-state index contributed by atoms with van der Waals surface area (Å²) in [4.78, 5) is 17.2. The Hall–Kier alpha value is -1.37. The normalized spacial score (nSPS) is 18.4. The van der Waals surface area contributed by atoms with Crippen LogP contribution in [0.2, 0.25) is 5.15 Å². The molecule has 1 aromatic heterocycles. The predicted molar refractivity (Wildman–Crippen MR) is 79.4 cm³/mol. The molecule has 21 heavy (non-hydrogen) atoms. The van der Waals surface area contributed by atoms with Crippen LogP contribution in [0.25, 0.3) is 0 Å². The van der Waals surface area contributed by atoms with Crippen LogP contribution in [0.4, 0.5) is 4.79 Å². The van der Waals surface area contributed by atoms with Gasteiger partial charge in [0.1, 0.15) is 5.15 Å². The van der Waals surface area contributed by atoms with Gasteiger partial charge in [0.05, 0.1) is 12.1 Å². The van der Waals surface area contributed by atoms with E-state index in [0.717, 1.165) is 38.0 Å². The molecule has 0 aromatic carbocycles. The van der Waals surface area contributed by atoms with E-state index in [4.69, 9.17) is 16.7 Å². The van der Waals surface area contributed by atoms with E-state index >= 15 is 0 Å². The number of carboxylic acid groups (broad SMARTS) is 1. The Morgan fingerprint density at radius 2 is 2.19 bits per heavy atom. The highest BCUT2D eigenvalue weighted by Gasteiger charge is 2.20. The fraction of sp³-hybridized carbons (Fsp3) is 0.571. The van der Waals surface area contributed by atoms with Crippen LogP contribution in [-0.4, -0.2) is 51.9 Å². The lowest BCUT2D eigenvalue weighted by molar-refractivity contribution is 0.0806. The Morgan fingerprint density at radius 1 is 1.48 bits per heavy atom. The van der Waals surface area contributed by atoms with E-state index in [-0.39, 0.29) is 12.1 Å². The first-order valence-electron chi connectivity index (χ1n) is 7.06. The van der Waals surface area contributed by atoms with Crippen molar-refractivity contribution in [3.05, 3.63) is 29.0 Å². The highest BCUT2D eigenvalue weighted by Crippen LogP contribution is 2.19. The van der Waals surface area contributed by atoms with Gasteiger partial charge in [-0.3, -0.25) is 0 Å². The summed E-state index contributed by atoms with van der Waals surface area (Å²) in [6, 6.07) is 3.14. The molecule has 0 spiro atoms. The number of amides is 1. The second-order valence-corrected chi connectivity index (χ2v) is 5.67. The Morgan fingerprint density at radius 3 is 2.76 bits per heavy atom. The van der Waals surface area contributed by atoms with Gasteiger partial charge in [-0.25, -0.2) is 9.78 Å². The molecule has 1 aliphatic rings. The fourth-order valence-corrected chi connectivity index (χ4v) is 2.63. The molecule has 1 saturated heterocycles. The summed E-state index contributed by atoms with van der Waals surface area (Å²) in [5, 5.41) is 21.4. The van der Waals surface area contributed by atoms with E-state index in [1.165, 1.54) is 0 Å². The van der Waals surface area contributed by atoms with E-state index < -0.39 is 6.09 Å². The molecule has 1 aromatic rings. The molecule has 0 bridgehead atoms.